The number of allylic oxidation sites excluding steroid dienone is 1. The number of rotatable bonds is 2. The summed E-state index contributed by atoms with van der Waals surface area (Å²) in [7, 11) is -0.808. The quantitative estimate of drug-likeness (QED) is 0.692. The van der Waals surface area contributed by atoms with Crippen LogP contribution in [0.15, 0.2) is 11.3 Å². The molecule has 2 nitrogen and oxygen atoms in total. The van der Waals surface area contributed by atoms with Gasteiger partial charge in [0.15, 0.2) is 0 Å². The number of hydrogen-bond donors (Lipinski definition) is 0. The highest BCUT2D eigenvalue weighted by Gasteiger charge is 2.53. The summed E-state index contributed by atoms with van der Waals surface area (Å²) < 4.78 is 26.1. The lowest BCUT2D eigenvalue weighted by molar-refractivity contribution is 0.00578. The molecule has 102 valence electrons. The minimum Gasteiger partial charge on any atom is -0.398 e. The fourth-order valence-electron chi connectivity index (χ4n) is 2.78. The van der Waals surface area contributed by atoms with Crippen LogP contribution in [0.1, 0.15) is 60.3 Å². The highest BCUT2D eigenvalue weighted by molar-refractivity contribution is 6.53. The van der Waals surface area contributed by atoms with Crippen molar-refractivity contribution in [3.8, 4) is 0 Å². The summed E-state index contributed by atoms with van der Waals surface area (Å²) in [6, 6.07) is 0. The molecule has 0 aromatic heterocycles. The van der Waals surface area contributed by atoms with Crippen molar-refractivity contribution in [2.75, 3.05) is 0 Å². The number of halogens is 1. The van der Waals surface area contributed by atoms with Gasteiger partial charge in [0.1, 0.15) is 5.73 Å². The molecule has 0 amide bonds. The average molecular weight is 254 g/mol. The fraction of sp³-hybridized carbons (Fsp3) is 0.857. The number of hydrogen-bond acceptors (Lipinski definition) is 2. The Morgan fingerprint density at radius 2 is 1.83 bits per heavy atom. The zero-order chi connectivity index (χ0) is 13.6. The highest BCUT2D eigenvalue weighted by Crippen LogP contribution is 2.42. The van der Waals surface area contributed by atoms with E-state index in [0.717, 1.165) is 31.3 Å². The van der Waals surface area contributed by atoms with Gasteiger partial charge in [-0.25, -0.2) is 4.39 Å². The third-order valence-electron chi connectivity index (χ3n) is 4.75. The van der Waals surface area contributed by atoms with Gasteiger partial charge in [0.2, 0.25) is 0 Å². The second-order valence-electron chi connectivity index (χ2n) is 6.46. The van der Waals surface area contributed by atoms with Gasteiger partial charge >= 0.3 is 7.12 Å². The second kappa shape index (κ2) is 4.64. The minimum atomic E-state index is -0.808. The summed E-state index contributed by atoms with van der Waals surface area (Å²) >= 11 is 0. The van der Waals surface area contributed by atoms with Crippen LogP contribution in [0, 0.1) is 5.92 Å². The normalized spacial score (nSPS) is 33.0. The van der Waals surface area contributed by atoms with Crippen LogP contribution in [0.2, 0.25) is 0 Å². The minimum absolute atomic E-state index is 0.169. The Labute approximate surface area is 110 Å². The molecule has 1 unspecified atom stereocenters. The molecule has 18 heavy (non-hydrogen) atoms. The Balaban J connectivity index is 2.21. The van der Waals surface area contributed by atoms with Gasteiger partial charge in [-0.05, 0) is 64.9 Å². The Kier molecular flexibility index (Phi) is 3.63. The molecule has 0 spiro atoms. The molecule has 1 saturated carbocycles. The second-order valence-corrected chi connectivity index (χ2v) is 6.46. The predicted molar refractivity (Wildman–Crippen MR) is 71.8 cm³/mol. The summed E-state index contributed by atoms with van der Waals surface area (Å²) in [4.78, 5) is 0. The molecule has 1 atom stereocenters. The van der Waals surface area contributed by atoms with Crippen molar-refractivity contribution in [3.05, 3.63) is 11.3 Å². The molecule has 2 rings (SSSR count). The van der Waals surface area contributed by atoms with E-state index < -0.39 is 18.3 Å². The van der Waals surface area contributed by atoms with Crippen molar-refractivity contribution < 1.29 is 13.7 Å². The van der Waals surface area contributed by atoms with E-state index in [0.29, 0.717) is 5.92 Å². The molecule has 1 aliphatic heterocycles. The van der Waals surface area contributed by atoms with Gasteiger partial charge in [0.25, 0.3) is 0 Å². The van der Waals surface area contributed by atoms with Gasteiger partial charge in [-0.1, -0.05) is 6.92 Å². The van der Waals surface area contributed by atoms with Crippen LogP contribution in [-0.4, -0.2) is 18.3 Å². The largest absolute Gasteiger partial charge is 0.525 e. The van der Waals surface area contributed by atoms with Gasteiger partial charge in [-0.3, -0.25) is 0 Å². The lowest BCUT2D eigenvalue weighted by atomic mass is 9.81. The van der Waals surface area contributed by atoms with Gasteiger partial charge in [0, 0.05) is 0 Å². The van der Waals surface area contributed by atoms with Gasteiger partial charge < -0.3 is 9.31 Å². The smallest absolute Gasteiger partial charge is 0.398 e. The van der Waals surface area contributed by atoms with Crippen molar-refractivity contribution in [1.29, 1.82) is 0 Å². The van der Waals surface area contributed by atoms with E-state index in [1.165, 1.54) is 0 Å². The average Bonchev–Trinajstić information content (AvgIpc) is 2.81. The van der Waals surface area contributed by atoms with Crippen LogP contribution in [0.4, 0.5) is 4.39 Å². The molecule has 4 heteroatoms. The third kappa shape index (κ3) is 2.25. The molecule has 0 N–H and O–H groups in total. The zero-order valence-corrected chi connectivity index (χ0v) is 12.2. The van der Waals surface area contributed by atoms with Crippen LogP contribution in [0.3, 0.4) is 0 Å². The zero-order valence-electron chi connectivity index (χ0n) is 12.2. The summed E-state index contributed by atoms with van der Waals surface area (Å²) in [5.74, 6) is 0.379. The topological polar surface area (TPSA) is 18.5 Å². The molecule has 0 radical (unpaired) electrons. The first-order valence-corrected chi connectivity index (χ1v) is 7.02. The maximum Gasteiger partial charge on any atom is 0.525 e. The van der Waals surface area contributed by atoms with E-state index in [9.17, 15) is 4.39 Å². The molecule has 1 aliphatic carbocycles. The summed E-state index contributed by atoms with van der Waals surface area (Å²) in [5.41, 5.74) is -0.167. The third-order valence-corrected chi connectivity index (χ3v) is 4.75. The first-order chi connectivity index (χ1) is 8.28. The molecule has 0 aromatic rings. The van der Waals surface area contributed by atoms with Crippen molar-refractivity contribution in [2.45, 2.75) is 71.5 Å². The van der Waals surface area contributed by atoms with Crippen molar-refractivity contribution in [1.82, 2.24) is 0 Å². The van der Waals surface area contributed by atoms with Crippen molar-refractivity contribution in [3.63, 3.8) is 0 Å². The Hall–Kier alpha value is -0.345. The first kappa shape index (κ1) is 14.1. The van der Waals surface area contributed by atoms with Crippen LogP contribution >= 0.6 is 0 Å². The van der Waals surface area contributed by atoms with E-state index in [1.807, 2.05) is 27.7 Å². The molecule has 0 aromatic carbocycles. The van der Waals surface area contributed by atoms with Gasteiger partial charge in [-0.15, -0.1) is 0 Å². The molecular formula is C14H24BFO2. The van der Waals surface area contributed by atoms with E-state index in [1.54, 1.807) is 0 Å². The van der Waals surface area contributed by atoms with Gasteiger partial charge in [-0.2, -0.15) is 0 Å². The standard InChI is InChI=1S/C14H24BFO2/c1-6-10-8-7-9-11(10)12(16)15-17-13(2,3)14(4,5)18-15/h10H,6-9H2,1-5H3. The Morgan fingerprint density at radius 1 is 1.28 bits per heavy atom. The monoisotopic (exact) mass is 254 g/mol. The summed E-state index contributed by atoms with van der Waals surface area (Å²) in [6.07, 6.45) is 4.04. The summed E-state index contributed by atoms with van der Waals surface area (Å²) in [6.45, 7) is 9.94. The summed E-state index contributed by atoms with van der Waals surface area (Å²) in [5, 5.41) is 0. The van der Waals surface area contributed by atoms with Crippen molar-refractivity contribution in [2.24, 2.45) is 5.92 Å². The maximum absolute atomic E-state index is 14.6. The maximum atomic E-state index is 14.6. The van der Waals surface area contributed by atoms with Crippen LogP contribution in [-0.2, 0) is 9.31 Å². The predicted octanol–water partition coefficient (Wildman–Crippen LogP) is 4.05. The van der Waals surface area contributed by atoms with Crippen LogP contribution < -0.4 is 0 Å². The molecule has 2 fully saturated rings. The van der Waals surface area contributed by atoms with E-state index in [2.05, 4.69) is 6.92 Å². The molecule has 1 heterocycles. The van der Waals surface area contributed by atoms with Gasteiger partial charge in [0.05, 0.1) is 11.2 Å². The molecule has 2 aliphatic rings. The van der Waals surface area contributed by atoms with E-state index in [-0.39, 0.29) is 5.73 Å². The Bertz CT molecular complexity index is 347. The highest BCUT2D eigenvalue weighted by atomic mass is 19.1. The molecule has 0 bridgehead atoms. The SMILES string of the molecule is CCC1CCCC1=C(F)B1OC(C)(C)C(C)(C)O1. The lowest BCUT2D eigenvalue weighted by Gasteiger charge is -2.32. The molecular weight excluding hydrogens is 230 g/mol. The van der Waals surface area contributed by atoms with Crippen LogP contribution in [0.25, 0.3) is 0 Å². The lowest BCUT2D eigenvalue weighted by Crippen LogP contribution is -2.41. The first-order valence-electron chi connectivity index (χ1n) is 7.02. The van der Waals surface area contributed by atoms with E-state index >= 15 is 0 Å². The molecule has 1 saturated heterocycles. The van der Waals surface area contributed by atoms with Crippen LogP contribution in [0.5, 0.6) is 0 Å². The fourth-order valence-corrected chi connectivity index (χ4v) is 2.78. The van der Waals surface area contributed by atoms with Crippen molar-refractivity contribution >= 4 is 7.12 Å². The van der Waals surface area contributed by atoms with E-state index in [4.69, 9.17) is 9.31 Å². The Morgan fingerprint density at radius 3 is 2.33 bits per heavy atom.